The van der Waals surface area contributed by atoms with Crippen molar-refractivity contribution in [1.82, 2.24) is 9.97 Å². The second-order valence-electron chi connectivity index (χ2n) is 3.30. The molecule has 0 aliphatic rings. The molecule has 3 aromatic rings. The third-order valence-electron chi connectivity index (χ3n) is 2.50. The van der Waals surface area contributed by atoms with Crippen LogP contribution in [0.2, 0.25) is 0 Å². The number of nitrogens with zero attached hydrogens (tertiary/aromatic N) is 1. The van der Waals surface area contributed by atoms with Crippen LogP contribution >= 0.6 is 0 Å². The zero-order chi connectivity index (χ0) is 9.54. The molecule has 0 aliphatic heterocycles. The third-order valence-corrected chi connectivity index (χ3v) is 2.50. The Morgan fingerprint density at radius 1 is 1.07 bits per heavy atom. The lowest BCUT2D eigenvalue weighted by atomic mass is 10.1. The molecule has 2 heterocycles. The summed E-state index contributed by atoms with van der Waals surface area (Å²) in [5.41, 5.74) is 6.91. The molecule has 0 amide bonds. The van der Waals surface area contributed by atoms with Gasteiger partial charge < -0.3 is 10.7 Å². The lowest BCUT2D eigenvalue weighted by Gasteiger charge is -2.01. The topological polar surface area (TPSA) is 54.7 Å². The molecule has 3 heteroatoms. The van der Waals surface area contributed by atoms with Gasteiger partial charge in [-0.1, -0.05) is 6.07 Å². The number of nitrogens with two attached hydrogens (primary N) is 1. The smallest absolute Gasteiger partial charge is 0.131 e. The predicted octanol–water partition coefficient (Wildman–Crippen LogP) is 2.30. The maximum absolute atomic E-state index is 5.79. The Balaban J connectivity index is 2.64. The molecule has 68 valence electrons. The van der Waals surface area contributed by atoms with Crippen molar-refractivity contribution < 1.29 is 0 Å². The molecule has 0 unspecified atom stereocenters. The molecule has 3 N–H and O–H groups in total. The van der Waals surface area contributed by atoms with E-state index in [0.717, 1.165) is 16.3 Å². The van der Waals surface area contributed by atoms with Gasteiger partial charge >= 0.3 is 0 Å². The molecule has 0 fully saturated rings. The van der Waals surface area contributed by atoms with Crippen LogP contribution in [0.4, 0.5) is 5.82 Å². The van der Waals surface area contributed by atoms with Crippen molar-refractivity contribution in [3.63, 3.8) is 0 Å². The zero-order valence-electron chi connectivity index (χ0n) is 7.49. The molecule has 3 rings (SSSR count). The van der Waals surface area contributed by atoms with Gasteiger partial charge in [0.05, 0.1) is 5.52 Å². The summed E-state index contributed by atoms with van der Waals surface area (Å²) < 4.78 is 0. The molecule has 0 radical (unpaired) electrons. The Bertz CT molecular complexity index is 610. The van der Waals surface area contributed by atoms with Gasteiger partial charge in [0, 0.05) is 28.6 Å². The fraction of sp³-hybridized carbons (Fsp3) is 0. The number of anilines is 1. The summed E-state index contributed by atoms with van der Waals surface area (Å²) in [7, 11) is 0. The highest BCUT2D eigenvalue weighted by molar-refractivity contribution is 6.08. The molecular weight excluding hydrogens is 174 g/mol. The predicted molar refractivity (Wildman–Crippen MR) is 58.0 cm³/mol. The lowest BCUT2D eigenvalue weighted by Crippen LogP contribution is -1.90. The van der Waals surface area contributed by atoms with E-state index in [1.165, 1.54) is 5.39 Å². The Morgan fingerprint density at radius 3 is 2.93 bits per heavy atom. The monoisotopic (exact) mass is 183 g/mol. The second-order valence-corrected chi connectivity index (χ2v) is 3.30. The fourth-order valence-electron chi connectivity index (χ4n) is 1.81. The van der Waals surface area contributed by atoms with Gasteiger partial charge in [-0.2, -0.15) is 0 Å². The molecule has 0 saturated heterocycles. The third kappa shape index (κ3) is 0.836. The van der Waals surface area contributed by atoms with Crippen molar-refractivity contribution in [1.29, 1.82) is 0 Å². The molecule has 14 heavy (non-hydrogen) atoms. The number of H-pyrrole nitrogens is 1. The number of benzene rings is 1. The number of hydrogen-bond acceptors (Lipinski definition) is 2. The average molecular weight is 183 g/mol. The maximum Gasteiger partial charge on any atom is 0.131 e. The Hall–Kier alpha value is -2.03. The highest BCUT2D eigenvalue weighted by atomic mass is 14.8. The summed E-state index contributed by atoms with van der Waals surface area (Å²) in [5.74, 6) is 0.582. The van der Waals surface area contributed by atoms with E-state index in [0.29, 0.717) is 5.82 Å². The van der Waals surface area contributed by atoms with Gasteiger partial charge in [-0.05, 0) is 18.2 Å². The minimum atomic E-state index is 0.582. The summed E-state index contributed by atoms with van der Waals surface area (Å²) in [6.07, 6.45) is 3.67. The SMILES string of the molecule is Nc1nccc2c1ccc1cc[nH]c12. The highest BCUT2D eigenvalue weighted by Gasteiger charge is 2.03. The van der Waals surface area contributed by atoms with Crippen LogP contribution in [0.5, 0.6) is 0 Å². The highest BCUT2D eigenvalue weighted by Crippen LogP contribution is 2.26. The van der Waals surface area contributed by atoms with Gasteiger partial charge in [-0.3, -0.25) is 0 Å². The first-order valence-electron chi connectivity index (χ1n) is 4.46. The summed E-state index contributed by atoms with van der Waals surface area (Å²) in [6, 6.07) is 8.08. The second kappa shape index (κ2) is 2.48. The molecule has 0 atom stereocenters. The number of hydrogen-bond donors (Lipinski definition) is 2. The molecule has 2 aromatic heterocycles. The molecule has 0 spiro atoms. The minimum absolute atomic E-state index is 0.582. The first-order valence-corrected chi connectivity index (χ1v) is 4.46. The van der Waals surface area contributed by atoms with Crippen LogP contribution < -0.4 is 5.73 Å². The Morgan fingerprint density at radius 2 is 2.00 bits per heavy atom. The van der Waals surface area contributed by atoms with Crippen LogP contribution in [0, 0.1) is 0 Å². The van der Waals surface area contributed by atoms with Gasteiger partial charge in [0.2, 0.25) is 0 Å². The van der Waals surface area contributed by atoms with E-state index in [2.05, 4.69) is 9.97 Å². The lowest BCUT2D eigenvalue weighted by molar-refractivity contribution is 1.37. The minimum Gasteiger partial charge on any atom is -0.383 e. The summed E-state index contributed by atoms with van der Waals surface area (Å²) >= 11 is 0. The van der Waals surface area contributed by atoms with E-state index in [-0.39, 0.29) is 0 Å². The number of rotatable bonds is 0. The van der Waals surface area contributed by atoms with Crippen LogP contribution in [0.1, 0.15) is 0 Å². The number of aromatic nitrogens is 2. The number of aromatic amines is 1. The largest absolute Gasteiger partial charge is 0.383 e. The van der Waals surface area contributed by atoms with E-state index in [9.17, 15) is 0 Å². The fourth-order valence-corrected chi connectivity index (χ4v) is 1.81. The zero-order valence-corrected chi connectivity index (χ0v) is 7.49. The number of nitrogen functional groups attached to an aromatic ring is 1. The number of nitrogens with one attached hydrogen (secondary N) is 1. The average Bonchev–Trinajstić information content (AvgIpc) is 2.66. The Labute approximate surface area is 80.6 Å². The van der Waals surface area contributed by atoms with Crippen LogP contribution in [-0.4, -0.2) is 9.97 Å². The standard InChI is InChI=1S/C11H9N3/c12-11-9-2-1-7-3-5-13-10(7)8(9)4-6-14-11/h1-6,13H,(H2,12,14). The maximum atomic E-state index is 5.79. The van der Waals surface area contributed by atoms with Gasteiger partial charge in [0.1, 0.15) is 5.82 Å². The Kier molecular flexibility index (Phi) is 1.31. The molecular formula is C11H9N3. The van der Waals surface area contributed by atoms with Crippen LogP contribution in [0.15, 0.2) is 36.7 Å². The van der Waals surface area contributed by atoms with E-state index < -0.39 is 0 Å². The van der Waals surface area contributed by atoms with Gasteiger partial charge in [-0.25, -0.2) is 4.98 Å². The molecule has 3 nitrogen and oxygen atoms in total. The first-order chi connectivity index (χ1) is 6.86. The quantitative estimate of drug-likeness (QED) is 0.561. The summed E-state index contributed by atoms with van der Waals surface area (Å²) in [5, 5.41) is 3.32. The normalized spacial score (nSPS) is 11.1. The van der Waals surface area contributed by atoms with E-state index in [1.807, 2.05) is 30.5 Å². The van der Waals surface area contributed by atoms with E-state index in [4.69, 9.17) is 5.73 Å². The van der Waals surface area contributed by atoms with Crippen LogP contribution in [-0.2, 0) is 0 Å². The molecule has 1 aromatic carbocycles. The summed E-state index contributed by atoms with van der Waals surface area (Å²) in [4.78, 5) is 7.27. The van der Waals surface area contributed by atoms with Crippen molar-refractivity contribution in [2.75, 3.05) is 5.73 Å². The van der Waals surface area contributed by atoms with Gasteiger partial charge in [0.25, 0.3) is 0 Å². The summed E-state index contributed by atoms with van der Waals surface area (Å²) in [6.45, 7) is 0. The van der Waals surface area contributed by atoms with Gasteiger partial charge in [-0.15, -0.1) is 0 Å². The van der Waals surface area contributed by atoms with Crippen molar-refractivity contribution in [3.8, 4) is 0 Å². The molecule has 0 bridgehead atoms. The van der Waals surface area contributed by atoms with Crippen molar-refractivity contribution in [3.05, 3.63) is 36.7 Å². The van der Waals surface area contributed by atoms with Crippen LogP contribution in [0.3, 0.4) is 0 Å². The molecule has 0 saturated carbocycles. The number of pyridine rings is 1. The van der Waals surface area contributed by atoms with Crippen molar-refractivity contribution in [2.45, 2.75) is 0 Å². The van der Waals surface area contributed by atoms with Crippen molar-refractivity contribution >= 4 is 27.5 Å². The van der Waals surface area contributed by atoms with E-state index >= 15 is 0 Å². The first kappa shape index (κ1) is 7.38. The van der Waals surface area contributed by atoms with Crippen molar-refractivity contribution in [2.24, 2.45) is 0 Å². The van der Waals surface area contributed by atoms with E-state index in [1.54, 1.807) is 6.20 Å². The van der Waals surface area contributed by atoms with Crippen LogP contribution in [0.25, 0.3) is 21.7 Å². The van der Waals surface area contributed by atoms with Gasteiger partial charge in [0.15, 0.2) is 0 Å². The number of fused-ring (bicyclic) bond motifs is 3. The molecule has 0 aliphatic carbocycles.